The van der Waals surface area contributed by atoms with Crippen LogP contribution in [0.1, 0.15) is 38.5 Å². The average molecular weight is 254 g/mol. The van der Waals surface area contributed by atoms with Crippen molar-refractivity contribution in [1.82, 2.24) is 0 Å². The van der Waals surface area contributed by atoms with Crippen molar-refractivity contribution in [3.8, 4) is 0 Å². The Morgan fingerprint density at radius 2 is 1.19 bits per heavy atom. The first-order valence-corrected chi connectivity index (χ1v) is 6.75. The third kappa shape index (κ3) is 5.62. The van der Waals surface area contributed by atoms with Gasteiger partial charge in [-0.2, -0.15) is 0 Å². The minimum absolute atomic E-state index is 0.845. The standard InChI is InChI=1S/C12H18N2S2/c15-9-13-7-5-11-1-2-12(4-3-11)6-8-14-10-16/h11-12H,1-8H2. The van der Waals surface area contributed by atoms with Crippen molar-refractivity contribution in [2.24, 2.45) is 21.8 Å². The van der Waals surface area contributed by atoms with Gasteiger partial charge in [-0.15, -0.1) is 0 Å². The highest BCUT2D eigenvalue weighted by molar-refractivity contribution is 7.78. The maximum atomic E-state index is 4.56. The van der Waals surface area contributed by atoms with E-state index in [1.165, 1.54) is 38.5 Å². The second kappa shape index (κ2) is 8.72. The maximum Gasteiger partial charge on any atom is 0.0584 e. The fraction of sp³-hybridized carbons (Fsp3) is 0.833. The number of thiocarbonyl (C=S) groups is 2. The molecule has 2 nitrogen and oxygen atoms in total. The molecule has 4 heteroatoms. The van der Waals surface area contributed by atoms with Gasteiger partial charge in [-0.3, -0.25) is 0 Å². The Hall–Kier alpha value is -0.400. The summed E-state index contributed by atoms with van der Waals surface area (Å²) in [5, 5.41) is 4.86. The molecule has 16 heavy (non-hydrogen) atoms. The van der Waals surface area contributed by atoms with Crippen LogP contribution in [0.5, 0.6) is 0 Å². The molecule has 1 rings (SSSR count). The lowest BCUT2D eigenvalue weighted by Crippen LogP contribution is -2.16. The zero-order valence-corrected chi connectivity index (χ0v) is 11.2. The lowest BCUT2D eigenvalue weighted by Gasteiger charge is -2.27. The zero-order valence-electron chi connectivity index (χ0n) is 9.52. The van der Waals surface area contributed by atoms with Gasteiger partial charge in [-0.1, -0.05) is 25.7 Å². The van der Waals surface area contributed by atoms with E-state index in [0.29, 0.717) is 0 Å². The second-order valence-electron chi connectivity index (χ2n) is 4.41. The van der Waals surface area contributed by atoms with Crippen molar-refractivity contribution < 1.29 is 0 Å². The first-order valence-electron chi connectivity index (χ1n) is 5.94. The Balaban J connectivity index is 2.12. The van der Waals surface area contributed by atoms with Gasteiger partial charge in [0.15, 0.2) is 0 Å². The molecule has 0 N–H and O–H groups in total. The summed E-state index contributed by atoms with van der Waals surface area (Å²) in [5.41, 5.74) is 0. The second-order valence-corrected chi connectivity index (χ2v) is 4.78. The van der Waals surface area contributed by atoms with Crippen molar-refractivity contribution in [1.29, 1.82) is 0 Å². The summed E-state index contributed by atoms with van der Waals surface area (Å²) in [7, 11) is 0. The summed E-state index contributed by atoms with van der Waals surface area (Å²) >= 11 is 9.11. The predicted octanol–water partition coefficient (Wildman–Crippen LogP) is 3.78. The van der Waals surface area contributed by atoms with Gasteiger partial charge in [0.2, 0.25) is 0 Å². The first-order chi connectivity index (χ1) is 7.86. The highest BCUT2D eigenvalue weighted by atomic mass is 32.1. The Morgan fingerprint density at radius 1 is 0.812 bits per heavy atom. The van der Waals surface area contributed by atoms with Crippen molar-refractivity contribution in [3.05, 3.63) is 0 Å². The number of isothiocyanates is 2. The van der Waals surface area contributed by atoms with Crippen molar-refractivity contribution in [2.45, 2.75) is 38.5 Å². The van der Waals surface area contributed by atoms with Crippen LogP contribution in [0.3, 0.4) is 0 Å². The van der Waals surface area contributed by atoms with E-state index >= 15 is 0 Å². The third-order valence-corrected chi connectivity index (χ3v) is 3.65. The molecular formula is C12H18N2S2. The molecule has 0 unspecified atom stereocenters. The maximum absolute atomic E-state index is 4.56. The zero-order chi connectivity index (χ0) is 11.6. The first kappa shape index (κ1) is 13.7. The van der Waals surface area contributed by atoms with Crippen LogP contribution in [0.2, 0.25) is 0 Å². The van der Waals surface area contributed by atoms with E-state index in [1.54, 1.807) is 0 Å². The van der Waals surface area contributed by atoms with Crippen LogP contribution in [-0.4, -0.2) is 23.4 Å². The lowest BCUT2D eigenvalue weighted by molar-refractivity contribution is 0.258. The number of aliphatic imine (C=N–C) groups is 2. The molecule has 0 aromatic carbocycles. The van der Waals surface area contributed by atoms with Gasteiger partial charge >= 0.3 is 0 Å². The molecule has 0 saturated heterocycles. The minimum Gasteiger partial charge on any atom is -0.233 e. The van der Waals surface area contributed by atoms with E-state index in [2.05, 4.69) is 44.7 Å². The molecule has 88 valence electrons. The minimum atomic E-state index is 0.845. The number of hydrogen-bond acceptors (Lipinski definition) is 4. The summed E-state index contributed by atoms with van der Waals surface area (Å²) < 4.78 is 0. The quantitative estimate of drug-likeness (QED) is 0.532. The molecule has 0 radical (unpaired) electrons. The summed E-state index contributed by atoms with van der Waals surface area (Å²) in [4.78, 5) is 7.95. The van der Waals surface area contributed by atoms with Gasteiger partial charge < -0.3 is 0 Å². The van der Waals surface area contributed by atoms with Gasteiger partial charge in [0.05, 0.1) is 10.3 Å². The fourth-order valence-corrected chi connectivity index (χ4v) is 2.58. The molecule has 0 aromatic heterocycles. The van der Waals surface area contributed by atoms with Gasteiger partial charge in [-0.25, -0.2) is 9.98 Å². The summed E-state index contributed by atoms with van der Waals surface area (Å²) in [6.07, 6.45) is 7.68. The molecular weight excluding hydrogens is 236 g/mol. The molecule has 1 fully saturated rings. The molecule has 0 atom stereocenters. The van der Waals surface area contributed by atoms with E-state index in [9.17, 15) is 0 Å². The molecule has 0 aliphatic heterocycles. The highest BCUT2D eigenvalue weighted by Gasteiger charge is 2.20. The van der Waals surface area contributed by atoms with Crippen LogP contribution in [0.25, 0.3) is 0 Å². The summed E-state index contributed by atoms with van der Waals surface area (Å²) in [5.74, 6) is 1.69. The SMILES string of the molecule is S=C=NCCC1CCC(CCN=C=S)CC1. The van der Waals surface area contributed by atoms with E-state index in [0.717, 1.165) is 24.9 Å². The smallest absolute Gasteiger partial charge is 0.0584 e. The molecule has 0 spiro atoms. The number of nitrogens with zero attached hydrogens (tertiary/aromatic N) is 2. The molecule has 0 amide bonds. The van der Waals surface area contributed by atoms with Crippen molar-refractivity contribution in [3.63, 3.8) is 0 Å². The van der Waals surface area contributed by atoms with E-state index in [1.807, 2.05) is 0 Å². The van der Waals surface area contributed by atoms with Crippen molar-refractivity contribution in [2.75, 3.05) is 13.1 Å². The summed E-state index contributed by atoms with van der Waals surface area (Å²) in [6, 6.07) is 0. The van der Waals surface area contributed by atoms with Crippen molar-refractivity contribution >= 4 is 34.8 Å². The lowest BCUT2D eigenvalue weighted by atomic mass is 9.79. The number of rotatable bonds is 6. The van der Waals surface area contributed by atoms with E-state index in [-0.39, 0.29) is 0 Å². The van der Waals surface area contributed by atoms with Gasteiger partial charge in [0.25, 0.3) is 0 Å². The van der Waals surface area contributed by atoms with Crippen LogP contribution in [-0.2, 0) is 0 Å². The molecule has 1 aliphatic rings. The number of hydrogen-bond donors (Lipinski definition) is 0. The largest absolute Gasteiger partial charge is 0.233 e. The van der Waals surface area contributed by atoms with Crippen LogP contribution >= 0.6 is 24.4 Å². The molecule has 0 aromatic rings. The predicted molar refractivity (Wildman–Crippen MR) is 74.5 cm³/mol. The molecule has 0 heterocycles. The highest BCUT2D eigenvalue weighted by Crippen LogP contribution is 2.32. The van der Waals surface area contributed by atoms with Crippen LogP contribution < -0.4 is 0 Å². The van der Waals surface area contributed by atoms with Crippen LogP contribution in [0.15, 0.2) is 9.98 Å². The van der Waals surface area contributed by atoms with E-state index < -0.39 is 0 Å². The van der Waals surface area contributed by atoms with E-state index in [4.69, 9.17) is 0 Å². The Morgan fingerprint density at radius 3 is 1.50 bits per heavy atom. The third-order valence-electron chi connectivity index (χ3n) is 3.39. The average Bonchev–Trinajstić information content (AvgIpc) is 2.32. The Bertz CT molecular complexity index is 253. The normalized spacial score (nSPS) is 24.2. The molecule has 1 aliphatic carbocycles. The Kier molecular flexibility index (Phi) is 7.45. The van der Waals surface area contributed by atoms with Gasteiger partial charge in [0.1, 0.15) is 0 Å². The van der Waals surface area contributed by atoms with Gasteiger partial charge in [0, 0.05) is 13.1 Å². The molecule has 0 bridgehead atoms. The van der Waals surface area contributed by atoms with Crippen LogP contribution in [0, 0.1) is 11.8 Å². The Labute approximate surface area is 108 Å². The summed E-state index contributed by atoms with van der Waals surface area (Å²) in [6.45, 7) is 1.71. The fourth-order valence-electron chi connectivity index (χ4n) is 2.39. The topological polar surface area (TPSA) is 24.7 Å². The monoisotopic (exact) mass is 254 g/mol. The molecule has 1 saturated carbocycles. The van der Waals surface area contributed by atoms with Crippen LogP contribution in [0.4, 0.5) is 0 Å². The van der Waals surface area contributed by atoms with Gasteiger partial charge in [-0.05, 0) is 49.1 Å².